The average molecular weight is 414 g/mol. The van der Waals surface area contributed by atoms with Crippen LogP contribution in [-0.4, -0.2) is 41.3 Å². The molecule has 0 unspecified atom stereocenters. The highest BCUT2D eigenvalue weighted by atomic mass is 16.6. The zero-order chi connectivity index (χ0) is 22.1. The first-order chi connectivity index (χ1) is 14.1. The molecule has 0 aromatic heterocycles. The van der Waals surface area contributed by atoms with E-state index in [0.717, 1.165) is 5.56 Å². The van der Waals surface area contributed by atoms with E-state index in [-0.39, 0.29) is 18.9 Å². The van der Waals surface area contributed by atoms with Crippen molar-refractivity contribution in [3.63, 3.8) is 0 Å². The Morgan fingerprint density at radius 1 is 1.00 bits per heavy atom. The van der Waals surface area contributed by atoms with Gasteiger partial charge in [0.15, 0.2) is 0 Å². The molecule has 1 atom stereocenters. The third-order valence-electron chi connectivity index (χ3n) is 3.79. The molecule has 2 amide bonds. The number of alkyl carbamates (subject to hydrolysis) is 1. The third-order valence-corrected chi connectivity index (χ3v) is 3.79. The number of amides is 2. The van der Waals surface area contributed by atoms with Crippen LogP contribution in [0.5, 0.6) is 5.75 Å². The predicted octanol–water partition coefficient (Wildman–Crippen LogP) is 2.76. The van der Waals surface area contributed by atoms with Gasteiger partial charge in [0.05, 0.1) is 0 Å². The van der Waals surface area contributed by atoms with Crippen LogP contribution in [0.2, 0.25) is 0 Å². The van der Waals surface area contributed by atoms with Gasteiger partial charge in [-0.15, -0.1) is 0 Å². The summed E-state index contributed by atoms with van der Waals surface area (Å²) in [6.07, 6.45) is -0.811. The van der Waals surface area contributed by atoms with Gasteiger partial charge in [0.2, 0.25) is 0 Å². The Bertz CT molecular complexity index is 859. The molecule has 2 rings (SSSR count). The van der Waals surface area contributed by atoms with Crippen molar-refractivity contribution >= 4 is 18.0 Å². The first kappa shape index (κ1) is 22.7. The lowest BCUT2D eigenvalue weighted by Gasteiger charge is -2.24. The first-order valence-corrected chi connectivity index (χ1v) is 9.41. The summed E-state index contributed by atoms with van der Waals surface area (Å²) in [6.45, 7) is 4.93. The number of phenols is 1. The number of aromatic hydroxyl groups is 1. The van der Waals surface area contributed by atoms with Crippen LogP contribution in [0.4, 0.5) is 4.79 Å². The summed E-state index contributed by atoms with van der Waals surface area (Å²) in [5.74, 6) is -1.14. The van der Waals surface area contributed by atoms with Gasteiger partial charge in [-0.2, -0.15) is 0 Å². The smallest absolute Gasteiger partial charge is 0.408 e. The molecule has 0 radical (unpaired) electrons. The van der Waals surface area contributed by atoms with Crippen LogP contribution in [0.25, 0.3) is 0 Å². The molecule has 3 N–H and O–H groups in total. The normalized spacial score (nSPS) is 11.8. The zero-order valence-electron chi connectivity index (χ0n) is 17.2. The van der Waals surface area contributed by atoms with E-state index in [1.54, 1.807) is 32.9 Å². The Labute approximate surface area is 175 Å². The molecule has 0 aliphatic rings. The van der Waals surface area contributed by atoms with E-state index in [0.29, 0.717) is 5.56 Å². The lowest BCUT2D eigenvalue weighted by molar-refractivity contribution is -0.157. The Morgan fingerprint density at radius 2 is 1.63 bits per heavy atom. The summed E-state index contributed by atoms with van der Waals surface area (Å²) in [5, 5.41) is 14.3. The molecule has 30 heavy (non-hydrogen) atoms. The predicted molar refractivity (Wildman–Crippen MR) is 110 cm³/mol. The van der Waals surface area contributed by atoms with Gasteiger partial charge in [-0.3, -0.25) is 4.79 Å². The minimum absolute atomic E-state index is 0.0287. The quantitative estimate of drug-likeness (QED) is 0.601. The van der Waals surface area contributed by atoms with Crippen LogP contribution in [0.15, 0.2) is 54.6 Å². The van der Waals surface area contributed by atoms with Gasteiger partial charge in [0.25, 0.3) is 5.91 Å². The van der Waals surface area contributed by atoms with E-state index in [1.807, 2.05) is 18.2 Å². The fourth-order valence-electron chi connectivity index (χ4n) is 2.38. The Kier molecular flexibility index (Phi) is 7.80. The van der Waals surface area contributed by atoms with Crippen LogP contribution >= 0.6 is 0 Å². The van der Waals surface area contributed by atoms with E-state index >= 15 is 0 Å². The number of hydrogen-bond acceptors (Lipinski definition) is 6. The molecule has 0 spiro atoms. The van der Waals surface area contributed by atoms with Crippen molar-refractivity contribution in [3.8, 4) is 5.75 Å². The highest BCUT2D eigenvalue weighted by molar-refractivity contribution is 5.94. The molecule has 2 aromatic carbocycles. The number of carbonyl (C=O) groups excluding carboxylic acids is 3. The van der Waals surface area contributed by atoms with Crippen LogP contribution in [-0.2, 0) is 20.9 Å². The molecule has 0 saturated heterocycles. The fourth-order valence-corrected chi connectivity index (χ4v) is 2.38. The molecular formula is C22H26N2O6. The molecule has 0 heterocycles. The van der Waals surface area contributed by atoms with Crippen molar-refractivity contribution in [2.45, 2.75) is 39.0 Å². The van der Waals surface area contributed by atoms with Crippen LogP contribution < -0.4 is 10.6 Å². The molecular weight excluding hydrogens is 388 g/mol. The van der Waals surface area contributed by atoms with Crippen molar-refractivity contribution in [1.82, 2.24) is 10.6 Å². The maximum absolute atomic E-state index is 12.5. The highest BCUT2D eigenvalue weighted by Crippen LogP contribution is 2.11. The van der Waals surface area contributed by atoms with Crippen LogP contribution in [0.3, 0.4) is 0 Å². The SMILES string of the molecule is CC(C)(C)OC(=O)[C@H](CNC(=O)c1ccc(O)cc1)NC(=O)OCc1ccccc1. The minimum Gasteiger partial charge on any atom is -0.508 e. The fraction of sp³-hybridized carbons (Fsp3) is 0.318. The van der Waals surface area contributed by atoms with Crippen molar-refractivity contribution in [1.29, 1.82) is 0 Å². The first-order valence-electron chi connectivity index (χ1n) is 9.41. The zero-order valence-corrected chi connectivity index (χ0v) is 17.2. The number of rotatable bonds is 7. The Morgan fingerprint density at radius 3 is 2.23 bits per heavy atom. The molecule has 160 valence electrons. The van der Waals surface area contributed by atoms with Gasteiger partial charge in [0, 0.05) is 12.1 Å². The number of ether oxygens (including phenoxy) is 2. The Hall–Kier alpha value is -3.55. The molecule has 0 fully saturated rings. The lowest BCUT2D eigenvalue weighted by atomic mass is 10.1. The summed E-state index contributed by atoms with van der Waals surface area (Å²) in [4.78, 5) is 36.9. The maximum Gasteiger partial charge on any atom is 0.408 e. The molecule has 0 aliphatic heterocycles. The molecule has 0 aliphatic carbocycles. The summed E-state index contributed by atoms with van der Waals surface area (Å²) in [6, 6.07) is 13.6. The van der Waals surface area contributed by atoms with Gasteiger partial charge in [-0.05, 0) is 50.6 Å². The molecule has 0 saturated carbocycles. The largest absolute Gasteiger partial charge is 0.508 e. The van der Waals surface area contributed by atoms with E-state index < -0.39 is 29.6 Å². The van der Waals surface area contributed by atoms with Gasteiger partial charge in [0.1, 0.15) is 24.0 Å². The lowest BCUT2D eigenvalue weighted by Crippen LogP contribution is -2.50. The number of nitrogens with one attached hydrogen (secondary N) is 2. The molecule has 8 nitrogen and oxygen atoms in total. The van der Waals surface area contributed by atoms with Gasteiger partial charge < -0.3 is 25.2 Å². The number of hydrogen-bond donors (Lipinski definition) is 3. The van der Waals surface area contributed by atoms with Gasteiger partial charge in [-0.1, -0.05) is 30.3 Å². The molecule has 2 aromatic rings. The molecule has 8 heteroatoms. The van der Waals surface area contributed by atoms with Gasteiger partial charge >= 0.3 is 12.1 Å². The summed E-state index contributed by atoms with van der Waals surface area (Å²) < 4.78 is 10.5. The second kappa shape index (κ2) is 10.3. The van der Waals surface area contributed by atoms with Gasteiger partial charge in [-0.25, -0.2) is 9.59 Å². The Balaban J connectivity index is 1.98. The topological polar surface area (TPSA) is 114 Å². The summed E-state index contributed by atoms with van der Waals surface area (Å²) in [7, 11) is 0. The van der Waals surface area contributed by atoms with E-state index in [1.165, 1.54) is 24.3 Å². The number of benzene rings is 2. The van der Waals surface area contributed by atoms with E-state index in [4.69, 9.17) is 9.47 Å². The molecule has 0 bridgehead atoms. The number of phenolic OH excluding ortho intramolecular Hbond substituents is 1. The number of esters is 1. The average Bonchev–Trinajstić information content (AvgIpc) is 2.69. The van der Waals surface area contributed by atoms with Crippen LogP contribution in [0, 0.1) is 0 Å². The van der Waals surface area contributed by atoms with E-state index in [2.05, 4.69) is 10.6 Å². The third kappa shape index (κ3) is 7.83. The van der Waals surface area contributed by atoms with Crippen molar-refractivity contribution in [2.75, 3.05) is 6.54 Å². The highest BCUT2D eigenvalue weighted by Gasteiger charge is 2.28. The standard InChI is InChI=1S/C22H26N2O6/c1-22(2,3)30-20(27)18(13-23-19(26)16-9-11-17(25)12-10-16)24-21(28)29-14-15-7-5-4-6-8-15/h4-12,18,25H,13-14H2,1-3H3,(H,23,26)(H,24,28)/t18-/m0/s1. The van der Waals surface area contributed by atoms with Crippen molar-refractivity contribution in [3.05, 3.63) is 65.7 Å². The van der Waals surface area contributed by atoms with Crippen LogP contribution in [0.1, 0.15) is 36.7 Å². The maximum atomic E-state index is 12.5. The van der Waals surface area contributed by atoms with E-state index in [9.17, 15) is 19.5 Å². The second-order valence-electron chi connectivity index (χ2n) is 7.55. The second-order valence-corrected chi connectivity index (χ2v) is 7.55. The summed E-state index contributed by atoms with van der Waals surface area (Å²) >= 11 is 0. The minimum atomic E-state index is -1.14. The summed E-state index contributed by atoms with van der Waals surface area (Å²) in [5.41, 5.74) is 0.316. The monoisotopic (exact) mass is 414 g/mol. The van der Waals surface area contributed by atoms with Crippen molar-refractivity contribution < 1.29 is 29.0 Å². The number of carbonyl (C=O) groups is 3. The van der Waals surface area contributed by atoms with Crippen molar-refractivity contribution in [2.24, 2.45) is 0 Å².